The second-order valence-electron chi connectivity index (χ2n) is 3.70. The minimum Gasteiger partial charge on any atom is -0.352 e. The lowest BCUT2D eigenvalue weighted by molar-refractivity contribution is 0.0953. The fourth-order valence-electron chi connectivity index (χ4n) is 1.45. The van der Waals surface area contributed by atoms with E-state index < -0.39 is 0 Å². The first kappa shape index (κ1) is 13.4. The van der Waals surface area contributed by atoms with Gasteiger partial charge in [-0.2, -0.15) is 0 Å². The van der Waals surface area contributed by atoms with Crippen molar-refractivity contribution in [2.75, 3.05) is 24.5 Å². The number of nitrogens with one attached hydrogen (secondary N) is 1. The summed E-state index contributed by atoms with van der Waals surface area (Å²) in [5, 5.41) is 2.79. The van der Waals surface area contributed by atoms with Gasteiger partial charge < -0.3 is 10.2 Å². The Morgan fingerprint density at radius 3 is 2.29 bits per heavy atom. The van der Waals surface area contributed by atoms with Crippen LogP contribution in [0.2, 0.25) is 0 Å². The maximum absolute atomic E-state index is 11.6. The predicted molar refractivity (Wildman–Crippen MR) is 68.2 cm³/mol. The molecule has 0 saturated carbocycles. The highest BCUT2D eigenvalue weighted by atomic mass is 16.1. The van der Waals surface area contributed by atoms with Crippen molar-refractivity contribution in [2.24, 2.45) is 0 Å². The second-order valence-corrected chi connectivity index (χ2v) is 3.70. The third-order valence-corrected chi connectivity index (χ3v) is 2.48. The Bertz CT molecular complexity index is 346. The first-order valence-electron chi connectivity index (χ1n) is 6.08. The average molecular weight is 236 g/mol. The molecule has 0 bridgehead atoms. The molecule has 1 rings (SSSR count). The van der Waals surface area contributed by atoms with Gasteiger partial charge in [0.05, 0.1) is 5.56 Å². The molecule has 17 heavy (non-hydrogen) atoms. The zero-order valence-corrected chi connectivity index (χ0v) is 10.7. The lowest BCUT2D eigenvalue weighted by atomic mass is 10.3. The number of nitrogens with zero attached hydrogens (tertiary/aromatic N) is 3. The van der Waals surface area contributed by atoms with Crippen LogP contribution in [0, 0.1) is 0 Å². The molecule has 1 amide bonds. The lowest BCUT2D eigenvalue weighted by Gasteiger charge is -2.17. The van der Waals surface area contributed by atoms with Gasteiger partial charge >= 0.3 is 0 Å². The molecule has 0 saturated heterocycles. The van der Waals surface area contributed by atoms with Crippen LogP contribution in [0.25, 0.3) is 0 Å². The van der Waals surface area contributed by atoms with Crippen molar-refractivity contribution in [3.63, 3.8) is 0 Å². The van der Waals surface area contributed by atoms with Gasteiger partial charge in [-0.1, -0.05) is 6.92 Å². The van der Waals surface area contributed by atoms with Crippen LogP contribution >= 0.6 is 0 Å². The number of carbonyl (C=O) groups excluding carboxylic acids is 1. The minimum atomic E-state index is -0.113. The minimum absolute atomic E-state index is 0.113. The molecule has 5 nitrogen and oxygen atoms in total. The van der Waals surface area contributed by atoms with E-state index in [1.807, 2.05) is 11.8 Å². The van der Waals surface area contributed by atoms with Crippen molar-refractivity contribution >= 4 is 11.9 Å². The van der Waals surface area contributed by atoms with E-state index in [2.05, 4.69) is 29.1 Å². The smallest absolute Gasteiger partial charge is 0.254 e. The van der Waals surface area contributed by atoms with Gasteiger partial charge in [0, 0.05) is 32.0 Å². The van der Waals surface area contributed by atoms with E-state index in [4.69, 9.17) is 0 Å². The molecule has 1 heterocycles. The second kappa shape index (κ2) is 6.83. The average Bonchev–Trinajstić information content (AvgIpc) is 2.38. The Morgan fingerprint density at radius 1 is 1.24 bits per heavy atom. The van der Waals surface area contributed by atoms with Gasteiger partial charge in [-0.3, -0.25) is 4.79 Å². The van der Waals surface area contributed by atoms with E-state index in [-0.39, 0.29) is 5.91 Å². The molecule has 1 aromatic rings. The molecule has 94 valence electrons. The predicted octanol–water partition coefficient (Wildman–Crippen LogP) is 1.46. The highest BCUT2D eigenvalue weighted by Crippen LogP contribution is 2.06. The van der Waals surface area contributed by atoms with Crippen LogP contribution in [0.3, 0.4) is 0 Å². The first-order chi connectivity index (χ1) is 8.22. The van der Waals surface area contributed by atoms with Gasteiger partial charge in [0.25, 0.3) is 5.91 Å². The number of hydrogen-bond donors (Lipinski definition) is 1. The Labute approximate surface area is 102 Å². The Morgan fingerprint density at radius 2 is 1.82 bits per heavy atom. The van der Waals surface area contributed by atoms with E-state index in [0.717, 1.165) is 19.5 Å². The van der Waals surface area contributed by atoms with Gasteiger partial charge in [0.2, 0.25) is 5.95 Å². The quantitative estimate of drug-likeness (QED) is 0.812. The first-order valence-corrected chi connectivity index (χ1v) is 6.08. The van der Waals surface area contributed by atoms with Crippen LogP contribution in [0.1, 0.15) is 37.6 Å². The molecule has 0 aliphatic carbocycles. The molecule has 0 aliphatic heterocycles. The van der Waals surface area contributed by atoms with Crippen molar-refractivity contribution in [2.45, 2.75) is 27.2 Å². The molecular formula is C12H20N4O. The normalized spacial score (nSPS) is 10.1. The van der Waals surface area contributed by atoms with Gasteiger partial charge in [-0.25, -0.2) is 9.97 Å². The molecule has 0 aromatic carbocycles. The largest absolute Gasteiger partial charge is 0.352 e. The summed E-state index contributed by atoms with van der Waals surface area (Å²) < 4.78 is 0. The zero-order valence-electron chi connectivity index (χ0n) is 10.7. The topological polar surface area (TPSA) is 58.1 Å². The molecule has 0 atom stereocenters. The number of anilines is 1. The van der Waals surface area contributed by atoms with E-state index in [9.17, 15) is 4.79 Å². The van der Waals surface area contributed by atoms with E-state index in [1.165, 1.54) is 0 Å². The third-order valence-electron chi connectivity index (χ3n) is 2.48. The number of aromatic nitrogens is 2. The Kier molecular flexibility index (Phi) is 5.39. The molecule has 1 aromatic heterocycles. The van der Waals surface area contributed by atoms with Crippen LogP contribution in [-0.4, -0.2) is 35.5 Å². The number of carbonyl (C=O) groups is 1. The number of amides is 1. The SMILES string of the molecule is CCCNC(=O)c1cnc(N(CC)CC)nc1. The zero-order chi connectivity index (χ0) is 12.7. The van der Waals surface area contributed by atoms with Gasteiger partial charge in [0.15, 0.2) is 0 Å². The molecule has 0 radical (unpaired) electrons. The van der Waals surface area contributed by atoms with Gasteiger partial charge in [-0.05, 0) is 20.3 Å². The van der Waals surface area contributed by atoms with Crippen molar-refractivity contribution in [3.8, 4) is 0 Å². The standard InChI is InChI=1S/C12H20N4O/c1-4-7-13-11(17)10-8-14-12(15-9-10)16(5-2)6-3/h8-9H,4-7H2,1-3H3,(H,13,17). The summed E-state index contributed by atoms with van der Waals surface area (Å²) in [6.45, 7) is 8.51. The van der Waals surface area contributed by atoms with E-state index in [0.29, 0.717) is 18.1 Å². The van der Waals surface area contributed by atoms with Crippen LogP contribution < -0.4 is 10.2 Å². The molecule has 0 unspecified atom stereocenters. The molecule has 1 N–H and O–H groups in total. The highest BCUT2D eigenvalue weighted by Gasteiger charge is 2.08. The number of rotatable bonds is 6. The van der Waals surface area contributed by atoms with Crippen molar-refractivity contribution < 1.29 is 4.79 Å². The maximum atomic E-state index is 11.6. The monoisotopic (exact) mass is 236 g/mol. The van der Waals surface area contributed by atoms with Gasteiger partial charge in [0.1, 0.15) is 0 Å². The van der Waals surface area contributed by atoms with Crippen molar-refractivity contribution in [1.29, 1.82) is 0 Å². The Hall–Kier alpha value is -1.65. The molecule has 0 fully saturated rings. The number of hydrogen-bond acceptors (Lipinski definition) is 4. The fraction of sp³-hybridized carbons (Fsp3) is 0.583. The van der Waals surface area contributed by atoms with Crippen molar-refractivity contribution in [3.05, 3.63) is 18.0 Å². The van der Waals surface area contributed by atoms with E-state index in [1.54, 1.807) is 12.4 Å². The summed E-state index contributed by atoms with van der Waals surface area (Å²) in [6, 6.07) is 0. The summed E-state index contributed by atoms with van der Waals surface area (Å²) in [7, 11) is 0. The highest BCUT2D eigenvalue weighted by molar-refractivity contribution is 5.93. The third kappa shape index (κ3) is 3.69. The lowest BCUT2D eigenvalue weighted by Crippen LogP contribution is -2.26. The summed E-state index contributed by atoms with van der Waals surface area (Å²) in [5.74, 6) is 0.556. The fourth-order valence-corrected chi connectivity index (χ4v) is 1.45. The van der Waals surface area contributed by atoms with Crippen LogP contribution in [0.15, 0.2) is 12.4 Å². The van der Waals surface area contributed by atoms with E-state index >= 15 is 0 Å². The summed E-state index contributed by atoms with van der Waals surface area (Å²) >= 11 is 0. The molecular weight excluding hydrogens is 216 g/mol. The maximum Gasteiger partial charge on any atom is 0.254 e. The molecule has 5 heteroatoms. The Balaban J connectivity index is 2.70. The molecule has 0 aliphatic rings. The molecule has 0 spiro atoms. The summed E-state index contributed by atoms with van der Waals surface area (Å²) in [5.41, 5.74) is 0.509. The van der Waals surface area contributed by atoms with Gasteiger partial charge in [-0.15, -0.1) is 0 Å². The summed E-state index contributed by atoms with van der Waals surface area (Å²) in [6.07, 6.45) is 4.07. The van der Waals surface area contributed by atoms with Crippen LogP contribution in [0.4, 0.5) is 5.95 Å². The van der Waals surface area contributed by atoms with Crippen molar-refractivity contribution in [1.82, 2.24) is 15.3 Å². The summed E-state index contributed by atoms with van der Waals surface area (Å²) in [4.78, 5) is 22.1. The van der Waals surface area contributed by atoms with Crippen LogP contribution in [-0.2, 0) is 0 Å². The van der Waals surface area contributed by atoms with Crippen LogP contribution in [0.5, 0.6) is 0 Å².